The van der Waals surface area contributed by atoms with E-state index in [1.54, 1.807) is 32.2 Å². The molecule has 1 aromatic heterocycles. The van der Waals surface area contributed by atoms with Crippen LogP contribution in [0.3, 0.4) is 0 Å². The summed E-state index contributed by atoms with van der Waals surface area (Å²) in [4.78, 5) is 15.1. The van der Waals surface area contributed by atoms with Crippen molar-refractivity contribution in [3.63, 3.8) is 0 Å². The van der Waals surface area contributed by atoms with Gasteiger partial charge in [0.05, 0.1) is 18.6 Å². The van der Waals surface area contributed by atoms with Crippen molar-refractivity contribution < 1.29 is 23.1 Å². The van der Waals surface area contributed by atoms with E-state index < -0.39 is 5.41 Å². The number of hydrogen-bond donors (Lipinski definition) is 0. The molecule has 152 valence electrons. The summed E-state index contributed by atoms with van der Waals surface area (Å²) in [5.74, 6) is 1.08. The number of ether oxygens (including phenoxy) is 2. The lowest BCUT2D eigenvalue weighted by Gasteiger charge is -2.40. The van der Waals surface area contributed by atoms with Crippen molar-refractivity contribution in [2.24, 2.45) is 5.41 Å². The molecule has 2 aromatic rings. The van der Waals surface area contributed by atoms with Gasteiger partial charge < -0.3 is 13.9 Å². The number of halogens is 1. The van der Waals surface area contributed by atoms with Crippen LogP contribution in [0.25, 0.3) is 0 Å². The highest BCUT2D eigenvalue weighted by Crippen LogP contribution is 2.36. The number of carbonyl (C=O) groups is 1. The second-order valence-corrected chi connectivity index (χ2v) is 7.38. The van der Waals surface area contributed by atoms with Crippen LogP contribution in [0.4, 0.5) is 4.39 Å². The van der Waals surface area contributed by atoms with Gasteiger partial charge in [0.2, 0.25) is 0 Å². The molecule has 0 spiro atoms. The molecule has 0 radical (unpaired) electrons. The fourth-order valence-corrected chi connectivity index (χ4v) is 3.98. The van der Waals surface area contributed by atoms with Crippen LogP contribution in [0.5, 0.6) is 0 Å². The smallest absolute Gasteiger partial charge is 0.313 e. The Kier molecular flexibility index (Phi) is 6.86. The SMILES string of the molecule is CCOC(=O)C1(Cc2ccccc2F)CCCN(Cc2ccc(COC)o2)C1. The summed E-state index contributed by atoms with van der Waals surface area (Å²) in [5, 5.41) is 0. The third kappa shape index (κ3) is 4.80. The number of likely N-dealkylation sites (tertiary alicyclic amines) is 1. The van der Waals surface area contributed by atoms with Crippen LogP contribution in [0, 0.1) is 11.2 Å². The normalized spacial score (nSPS) is 20.2. The van der Waals surface area contributed by atoms with Crippen LogP contribution in [0.15, 0.2) is 40.8 Å². The molecule has 1 saturated heterocycles. The number of methoxy groups -OCH3 is 1. The van der Waals surface area contributed by atoms with Crippen molar-refractivity contribution in [3.8, 4) is 0 Å². The van der Waals surface area contributed by atoms with E-state index in [0.717, 1.165) is 24.5 Å². The monoisotopic (exact) mass is 389 g/mol. The minimum absolute atomic E-state index is 0.248. The first kappa shape index (κ1) is 20.6. The quantitative estimate of drug-likeness (QED) is 0.640. The number of esters is 1. The largest absolute Gasteiger partial charge is 0.466 e. The molecule has 1 aromatic carbocycles. The van der Waals surface area contributed by atoms with Gasteiger partial charge in [-0.15, -0.1) is 0 Å². The van der Waals surface area contributed by atoms with Crippen LogP contribution in [-0.2, 0) is 33.8 Å². The summed E-state index contributed by atoms with van der Waals surface area (Å²) in [6.07, 6.45) is 1.87. The van der Waals surface area contributed by atoms with Gasteiger partial charge in [-0.1, -0.05) is 18.2 Å². The van der Waals surface area contributed by atoms with E-state index in [0.29, 0.717) is 44.7 Å². The molecule has 0 N–H and O–H groups in total. The number of furan rings is 1. The zero-order valence-electron chi connectivity index (χ0n) is 16.6. The lowest BCUT2D eigenvalue weighted by Crippen LogP contribution is -2.49. The summed E-state index contributed by atoms with van der Waals surface area (Å²) in [6, 6.07) is 10.5. The fraction of sp³-hybridized carbons (Fsp3) is 0.500. The molecule has 1 aliphatic rings. The molecule has 0 amide bonds. The number of benzene rings is 1. The van der Waals surface area contributed by atoms with Gasteiger partial charge >= 0.3 is 5.97 Å². The standard InChI is InChI=1S/C22H28FNO4/c1-3-27-21(25)22(13-17-7-4-5-8-20(17)23)11-6-12-24(16-22)14-18-9-10-19(28-18)15-26-2/h4-5,7-10H,3,6,11-16H2,1-2H3. The third-order valence-corrected chi connectivity index (χ3v) is 5.23. The van der Waals surface area contributed by atoms with E-state index in [-0.39, 0.29) is 11.8 Å². The number of rotatable bonds is 8. The number of piperidine rings is 1. The lowest BCUT2D eigenvalue weighted by atomic mass is 9.75. The van der Waals surface area contributed by atoms with E-state index in [9.17, 15) is 9.18 Å². The van der Waals surface area contributed by atoms with Gasteiger partial charge in [-0.3, -0.25) is 9.69 Å². The average Bonchev–Trinajstić information content (AvgIpc) is 3.11. The first-order valence-corrected chi connectivity index (χ1v) is 9.76. The predicted molar refractivity (Wildman–Crippen MR) is 103 cm³/mol. The van der Waals surface area contributed by atoms with E-state index >= 15 is 0 Å². The van der Waals surface area contributed by atoms with Crippen LogP contribution in [0.2, 0.25) is 0 Å². The second kappa shape index (κ2) is 9.34. The van der Waals surface area contributed by atoms with Gasteiger partial charge in [-0.05, 0) is 56.5 Å². The van der Waals surface area contributed by atoms with Crippen molar-refractivity contribution >= 4 is 5.97 Å². The molecule has 3 rings (SSSR count). The molecule has 2 heterocycles. The maximum Gasteiger partial charge on any atom is 0.313 e. The number of hydrogen-bond acceptors (Lipinski definition) is 5. The van der Waals surface area contributed by atoms with Crippen molar-refractivity contribution in [2.45, 2.75) is 39.3 Å². The van der Waals surface area contributed by atoms with Gasteiger partial charge in [-0.2, -0.15) is 0 Å². The maximum absolute atomic E-state index is 14.3. The zero-order chi connectivity index (χ0) is 20.0. The Morgan fingerprint density at radius 1 is 1.25 bits per heavy atom. The second-order valence-electron chi connectivity index (χ2n) is 7.38. The topological polar surface area (TPSA) is 51.9 Å². The third-order valence-electron chi connectivity index (χ3n) is 5.23. The highest BCUT2D eigenvalue weighted by atomic mass is 19.1. The number of nitrogens with zero attached hydrogens (tertiary/aromatic N) is 1. The van der Waals surface area contributed by atoms with Gasteiger partial charge in [-0.25, -0.2) is 4.39 Å². The van der Waals surface area contributed by atoms with E-state index in [1.165, 1.54) is 6.07 Å². The molecule has 0 saturated carbocycles. The van der Waals surface area contributed by atoms with E-state index in [2.05, 4.69) is 4.90 Å². The fourth-order valence-electron chi connectivity index (χ4n) is 3.98. The zero-order valence-corrected chi connectivity index (χ0v) is 16.6. The van der Waals surface area contributed by atoms with Crippen LogP contribution < -0.4 is 0 Å². The first-order valence-electron chi connectivity index (χ1n) is 9.76. The van der Waals surface area contributed by atoms with Crippen molar-refractivity contribution in [3.05, 3.63) is 59.3 Å². The minimum atomic E-state index is -0.752. The Bertz CT molecular complexity index is 790. The highest BCUT2D eigenvalue weighted by Gasteiger charge is 2.44. The molecule has 1 unspecified atom stereocenters. The van der Waals surface area contributed by atoms with E-state index in [4.69, 9.17) is 13.9 Å². The first-order chi connectivity index (χ1) is 13.6. The van der Waals surface area contributed by atoms with Crippen LogP contribution >= 0.6 is 0 Å². The average molecular weight is 389 g/mol. The van der Waals surface area contributed by atoms with Crippen LogP contribution in [-0.4, -0.2) is 37.7 Å². The molecule has 1 fully saturated rings. The van der Waals surface area contributed by atoms with Gasteiger partial charge in [0.25, 0.3) is 0 Å². The molecule has 6 heteroatoms. The summed E-state index contributed by atoms with van der Waals surface area (Å²) >= 11 is 0. The number of carbonyl (C=O) groups excluding carboxylic acids is 1. The maximum atomic E-state index is 14.3. The molecule has 1 atom stereocenters. The Balaban J connectivity index is 1.78. The summed E-state index contributed by atoms with van der Waals surface area (Å²) in [6.45, 7) is 4.52. The summed E-state index contributed by atoms with van der Waals surface area (Å²) in [5.41, 5.74) is -0.198. The molecule has 0 bridgehead atoms. The minimum Gasteiger partial charge on any atom is -0.466 e. The van der Waals surface area contributed by atoms with Gasteiger partial charge in [0.15, 0.2) is 0 Å². The Labute approximate surface area is 165 Å². The Morgan fingerprint density at radius 3 is 2.79 bits per heavy atom. The van der Waals surface area contributed by atoms with Crippen molar-refractivity contribution in [2.75, 3.05) is 26.8 Å². The highest BCUT2D eigenvalue weighted by molar-refractivity contribution is 5.77. The molecule has 0 aliphatic carbocycles. The molecule has 1 aliphatic heterocycles. The summed E-state index contributed by atoms with van der Waals surface area (Å²) < 4.78 is 30.6. The Hall–Kier alpha value is -2.18. The van der Waals surface area contributed by atoms with Gasteiger partial charge in [0.1, 0.15) is 23.9 Å². The molecular weight excluding hydrogens is 361 g/mol. The Morgan fingerprint density at radius 2 is 2.04 bits per heavy atom. The predicted octanol–water partition coefficient (Wildman–Crippen LogP) is 3.95. The van der Waals surface area contributed by atoms with E-state index in [1.807, 2.05) is 12.1 Å². The molecule has 5 nitrogen and oxygen atoms in total. The molecular formula is C22H28FNO4. The lowest BCUT2D eigenvalue weighted by molar-refractivity contribution is -0.159. The van der Waals surface area contributed by atoms with Crippen molar-refractivity contribution in [1.82, 2.24) is 4.90 Å². The molecule has 28 heavy (non-hydrogen) atoms. The van der Waals surface area contributed by atoms with Gasteiger partial charge in [0, 0.05) is 13.7 Å². The summed E-state index contributed by atoms with van der Waals surface area (Å²) in [7, 11) is 1.63. The van der Waals surface area contributed by atoms with Crippen molar-refractivity contribution in [1.29, 1.82) is 0 Å². The van der Waals surface area contributed by atoms with Crippen LogP contribution in [0.1, 0.15) is 36.8 Å².